The molecule has 0 N–H and O–H groups in total. The Balaban J connectivity index is 1.83. The molecule has 1 fully saturated rings. The van der Waals surface area contributed by atoms with Crippen LogP contribution in [0.4, 0.5) is 4.79 Å². The van der Waals surface area contributed by atoms with Crippen molar-refractivity contribution in [1.82, 2.24) is 14.9 Å². The summed E-state index contributed by atoms with van der Waals surface area (Å²) in [7, 11) is 0. The minimum atomic E-state index is -0.125. The standard InChI is InChI=1S/C12H13N3O3/c1-2-4-18-15-10-6-9(11-13-3-5-17-11)7-14(8-10)12(15)16/h2-3,5-6,10H,1,4,7-8H2/t10-/m0/s1. The van der Waals surface area contributed by atoms with E-state index in [4.69, 9.17) is 9.25 Å². The van der Waals surface area contributed by atoms with E-state index in [0.717, 1.165) is 5.57 Å². The normalized spacial score (nSPS) is 22.3. The molecule has 1 aromatic rings. The Morgan fingerprint density at radius 1 is 1.67 bits per heavy atom. The third-order valence-corrected chi connectivity index (χ3v) is 2.96. The van der Waals surface area contributed by atoms with E-state index in [0.29, 0.717) is 25.6 Å². The SMILES string of the molecule is C=CCON1C(=O)N2CC(c3ncco3)=C[C@H]1C2. The molecule has 3 heterocycles. The quantitative estimate of drug-likeness (QED) is 0.752. The van der Waals surface area contributed by atoms with Gasteiger partial charge in [-0.3, -0.25) is 4.84 Å². The molecule has 0 aromatic carbocycles. The van der Waals surface area contributed by atoms with Crippen LogP contribution in [0.2, 0.25) is 0 Å². The van der Waals surface area contributed by atoms with Crippen LogP contribution in [0.3, 0.4) is 0 Å². The summed E-state index contributed by atoms with van der Waals surface area (Å²) in [6, 6.07) is -0.215. The van der Waals surface area contributed by atoms with Crippen LogP contribution in [0.25, 0.3) is 5.57 Å². The van der Waals surface area contributed by atoms with Gasteiger partial charge in [-0.15, -0.1) is 6.58 Å². The molecule has 1 saturated heterocycles. The highest BCUT2D eigenvalue weighted by atomic mass is 16.7. The number of rotatable bonds is 4. The summed E-state index contributed by atoms with van der Waals surface area (Å²) in [5.74, 6) is 0.558. The lowest BCUT2D eigenvalue weighted by Crippen LogP contribution is -2.33. The average Bonchev–Trinajstić information content (AvgIpc) is 2.98. The van der Waals surface area contributed by atoms with Gasteiger partial charge in [-0.25, -0.2) is 9.78 Å². The number of nitrogens with zero attached hydrogens (tertiary/aromatic N) is 3. The summed E-state index contributed by atoms with van der Waals surface area (Å²) >= 11 is 0. The second-order valence-corrected chi connectivity index (χ2v) is 4.17. The molecular weight excluding hydrogens is 234 g/mol. The van der Waals surface area contributed by atoms with Gasteiger partial charge in [-0.1, -0.05) is 6.08 Å². The van der Waals surface area contributed by atoms with Gasteiger partial charge in [-0.2, -0.15) is 5.06 Å². The summed E-state index contributed by atoms with van der Waals surface area (Å²) in [6.45, 7) is 5.03. The minimum Gasteiger partial charge on any atom is -0.445 e. The van der Waals surface area contributed by atoms with E-state index in [2.05, 4.69) is 11.6 Å². The summed E-state index contributed by atoms with van der Waals surface area (Å²) < 4.78 is 5.26. The Morgan fingerprint density at radius 3 is 3.28 bits per heavy atom. The van der Waals surface area contributed by atoms with Crippen molar-refractivity contribution in [1.29, 1.82) is 0 Å². The molecule has 3 rings (SSSR count). The van der Waals surface area contributed by atoms with Crippen LogP contribution >= 0.6 is 0 Å². The Hall–Kier alpha value is -2.08. The fourth-order valence-electron chi connectivity index (χ4n) is 2.21. The predicted octanol–water partition coefficient (Wildman–Crippen LogP) is 1.30. The molecular formula is C12H13N3O3. The lowest BCUT2D eigenvalue weighted by Gasteiger charge is -2.19. The molecule has 2 aliphatic rings. The summed E-state index contributed by atoms with van der Waals surface area (Å²) in [4.78, 5) is 23.2. The molecule has 94 valence electrons. The number of aromatic nitrogens is 1. The van der Waals surface area contributed by atoms with Crippen molar-refractivity contribution < 1.29 is 14.0 Å². The summed E-state index contributed by atoms with van der Waals surface area (Å²) in [5.41, 5.74) is 0.911. The van der Waals surface area contributed by atoms with Crippen LogP contribution in [0.5, 0.6) is 0 Å². The van der Waals surface area contributed by atoms with E-state index in [1.807, 2.05) is 6.08 Å². The lowest BCUT2D eigenvalue weighted by molar-refractivity contribution is -0.107. The van der Waals surface area contributed by atoms with Gasteiger partial charge in [0.2, 0.25) is 5.89 Å². The van der Waals surface area contributed by atoms with Gasteiger partial charge in [0.1, 0.15) is 6.26 Å². The van der Waals surface area contributed by atoms with Crippen molar-refractivity contribution in [3.05, 3.63) is 37.1 Å². The Kier molecular flexibility index (Phi) is 2.64. The third-order valence-electron chi connectivity index (χ3n) is 2.96. The first-order chi connectivity index (χ1) is 8.79. The van der Waals surface area contributed by atoms with Crippen molar-refractivity contribution in [2.45, 2.75) is 6.04 Å². The Morgan fingerprint density at radius 2 is 2.56 bits per heavy atom. The number of hydrogen-bond donors (Lipinski definition) is 0. The lowest BCUT2D eigenvalue weighted by atomic mass is 10.1. The minimum absolute atomic E-state index is 0.0897. The molecule has 0 spiro atoms. The number of hydroxylamine groups is 2. The highest BCUT2D eigenvalue weighted by Gasteiger charge is 2.41. The van der Waals surface area contributed by atoms with Gasteiger partial charge in [0.15, 0.2) is 0 Å². The second-order valence-electron chi connectivity index (χ2n) is 4.17. The molecule has 6 nitrogen and oxygen atoms in total. The zero-order valence-electron chi connectivity index (χ0n) is 9.78. The molecule has 0 saturated carbocycles. The molecule has 0 unspecified atom stereocenters. The maximum Gasteiger partial charge on any atom is 0.344 e. The van der Waals surface area contributed by atoms with Gasteiger partial charge in [0.05, 0.1) is 25.4 Å². The van der Waals surface area contributed by atoms with Gasteiger partial charge in [0, 0.05) is 12.1 Å². The van der Waals surface area contributed by atoms with Crippen LogP contribution in [-0.2, 0) is 4.84 Å². The van der Waals surface area contributed by atoms with E-state index >= 15 is 0 Å². The molecule has 1 aromatic heterocycles. The van der Waals surface area contributed by atoms with Crippen LogP contribution in [0.15, 0.2) is 35.6 Å². The predicted molar refractivity (Wildman–Crippen MR) is 63.2 cm³/mol. The Labute approximate surface area is 104 Å². The molecule has 2 bridgehead atoms. The number of carbonyl (C=O) groups is 1. The van der Waals surface area contributed by atoms with E-state index in [-0.39, 0.29) is 12.1 Å². The highest BCUT2D eigenvalue weighted by molar-refractivity contribution is 5.81. The van der Waals surface area contributed by atoms with Gasteiger partial charge in [0.25, 0.3) is 0 Å². The molecule has 1 atom stereocenters. The van der Waals surface area contributed by atoms with Gasteiger partial charge >= 0.3 is 6.03 Å². The van der Waals surface area contributed by atoms with Crippen molar-refractivity contribution in [2.75, 3.05) is 19.7 Å². The first kappa shape index (κ1) is 11.0. The van der Waals surface area contributed by atoms with Crippen LogP contribution in [-0.4, -0.2) is 46.7 Å². The van der Waals surface area contributed by atoms with Crippen molar-refractivity contribution >= 4 is 11.6 Å². The monoisotopic (exact) mass is 247 g/mol. The van der Waals surface area contributed by atoms with Crippen LogP contribution < -0.4 is 0 Å². The average molecular weight is 247 g/mol. The van der Waals surface area contributed by atoms with Gasteiger partial charge < -0.3 is 9.32 Å². The third kappa shape index (κ3) is 1.70. The second kappa shape index (κ2) is 4.30. The van der Waals surface area contributed by atoms with Crippen molar-refractivity contribution in [3.8, 4) is 0 Å². The van der Waals surface area contributed by atoms with Crippen molar-refractivity contribution in [2.24, 2.45) is 0 Å². The largest absolute Gasteiger partial charge is 0.445 e. The molecule has 6 heteroatoms. The van der Waals surface area contributed by atoms with Crippen LogP contribution in [0, 0.1) is 0 Å². The zero-order chi connectivity index (χ0) is 12.5. The van der Waals surface area contributed by atoms with Crippen LogP contribution in [0.1, 0.15) is 5.89 Å². The number of carbonyl (C=O) groups excluding carboxylic acids is 1. The maximum atomic E-state index is 12.0. The number of hydrogen-bond acceptors (Lipinski definition) is 4. The fraction of sp³-hybridized carbons (Fsp3) is 0.333. The summed E-state index contributed by atoms with van der Waals surface area (Å²) in [5, 5.41) is 1.39. The van der Waals surface area contributed by atoms with E-state index in [9.17, 15) is 4.79 Å². The van der Waals surface area contributed by atoms with E-state index in [1.54, 1.807) is 17.2 Å². The summed E-state index contributed by atoms with van der Waals surface area (Å²) in [6.07, 6.45) is 6.70. The maximum absolute atomic E-state index is 12.0. The fourth-order valence-corrected chi connectivity index (χ4v) is 2.21. The van der Waals surface area contributed by atoms with E-state index < -0.39 is 0 Å². The number of amides is 2. The smallest absolute Gasteiger partial charge is 0.344 e. The molecule has 18 heavy (non-hydrogen) atoms. The first-order valence-electron chi connectivity index (χ1n) is 5.72. The molecule has 2 aliphatic heterocycles. The molecule has 0 aliphatic carbocycles. The highest BCUT2D eigenvalue weighted by Crippen LogP contribution is 2.28. The van der Waals surface area contributed by atoms with E-state index in [1.165, 1.54) is 11.3 Å². The molecule has 0 radical (unpaired) electrons. The number of oxazole rings is 1. The first-order valence-corrected chi connectivity index (χ1v) is 5.72. The number of urea groups is 1. The van der Waals surface area contributed by atoms with Gasteiger partial charge in [-0.05, 0) is 6.08 Å². The van der Waals surface area contributed by atoms with Crippen molar-refractivity contribution in [3.63, 3.8) is 0 Å². The number of fused-ring (bicyclic) bond motifs is 2. The topological polar surface area (TPSA) is 58.8 Å². The Bertz CT molecular complexity index is 495. The molecule has 2 amide bonds. The zero-order valence-corrected chi connectivity index (χ0v) is 9.78.